The van der Waals surface area contributed by atoms with Gasteiger partial charge in [0.25, 0.3) is 0 Å². The highest BCUT2D eigenvalue weighted by molar-refractivity contribution is 9.10. The summed E-state index contributed by atoms with van der Waals surface area (Å²) < 4.78 is 6.46. The number of benzene rings is 2. The van der Waals surface area contributed by atoms with Crippen molar-refractivity contribution in [3.8, 4) is 5.75 Å². The summed E-state index contributed by atoms with van der Waals surface area (Å²) >= 11 is 3.48. The molecule has 0 atom stereocenters. The van der Waals surface area contributed by atoms with Gasteiger partial charge in [-0.3, -0.25) is 0 Å². The minimum absolute atomic E-state index is 0.630. The molecule has 2 nitrogen and oxygen atoms in total. The van der Waals surface area contributed by atoms with E-state index in [1.807, 2.05) is 12.1 Å². The van der Waals surface area contributed by atoms with Gasteiger partial charge in [-0.15, -0.1) is 0 Å². The Kier molecular flexibility index (Phi) is 3.46. The molecule has 16 heavy (non-hydrogen) atoms. The molecule has 0 aromatic heterocycles. The van der Waals surface area contributed by atoms with Gasteiger partial charge >= 0.3 is 0 Å². The number of hydrogen-bond acceptors (Lipinski definition) is 2. The maximum absolute atomic E-state index is 5.64. The van der Waals surface area contributed by atoms with E-state index in [4.69, 9.17) is 10.5 Å². The van der Waals surface area contributed by atoms with Gasteiger partial charge in [-0.05, 0) is 41.9 Å². The van der Waals surface area contributed by atoms with Crippen LogP contribution in [0.25, 0.3) is 10.8 Å². The molecule has 0 heterocycles. The van der Waals surface area contributed by atoms with Crippen molar-refractivity contribution in [3.05, 3.63) is 40.4 Å². The summed E-state index contributed by atoms with van der Waals surface area (Å²) in [5, 5.41) is 2.42. The Morgan fingerprint density at radius 1 is 1.25 bits per heavy atom. The molecule has 0 unspecified atom stereocenters. The average Bonchev–Trinajstić information content (AvgIpc) is 2.29. The van der Waals surface area contributed by atoms with Gasteiger partial charge < -0.3 is 10.5 Å². The number of hydrogen-bond donors (Lipinski definition) is 1. The van der Waals surface area contributed by atoms with Crippen molar-refractivity contribution in [3.63, 3.8) is 0 Å². The quantitative estimate of drug-likeness (QED) is 0.937. The normalized spacial score (nSPS) is 10.7. The number of fused-ring (bicyclic) bond motifs is 1. The van der Waals surface area contributed by atoms with Crippen LogP contribution >= 0.6 is 15.9 Å². The molecule has 0 saturated heterocycles. The highest BCUT2D eigenvalue weighted by atomic mass is 79.9. The van der Waals surface area contributed by atoms with Crippen LogP contribution < -0.4 is 10.5 Å². The zero-order valence-corrected chi connectivity index (χ0v) is 10.8. The fraction of sp³-hybridized carbons (Fsp3) is 0.231. The summed E-state index contributed by atoms with van der Waals surface area (Å²) in [6.07, 6.45) is 0.835. The lowest BCUT2D eigenvalue weighted by molar-refractivity contribution is 0.410. The maximum Gasteiger partial charge on any atom is 0.122 e. The Morgan fingerprint density at radius 3 is 2.75 bits per heavy atom. The molecular weight excluding hydrogens is 266 g/mol. The summed E-state index contributed by atoms with van der Waals surface area (Å²) in [5.74, 6) is 0.917. The Balaban J connectivity index is 2.68. The molecule has 0 saturated carbocycles. The van der Waals surface area contributed by atoms with Crippen molar-refractivity contribution in [2.45, 2.75) is 6.42 Å². The van der Waals surface area contributed by atoms with E-state index in [9.17, 15) is 0 Å². The molecule has 0 aliphatic carbocycles. The first-order valence-electron chi connectivity index (χ1n) is 5.21. The Morgan fingerprint density at radius 2 is 2.06 bits per heavy atom. The van der Waals surface area contributed by atoms with E-state index in [1.165, 1.54) is 16.3 Å². The van der Waals surface area contributed by atoms with Crippen LogP contribution in [0.5, 0.6) is 5.75 Å². The standard InChI is InChI=1S/C13H14BrNO/c1-16-13-5-2-9-8-10(14)3-4-11(9)12(13)6-7-15/h2-5,8H,6-7,15H2,1H3. The minimum atomic E-state index is 0.630. The number of ether oxygens (including phenoxy) is 1. The van der Waals surface area contributed by atoms with Gasteiger partial charge in [0, 0.05) is 10.0 Å². The van der Waals surface area contributed by atoms with E-state index >= 15 is 0 Å². The van der Waals surface area contributed by atoms with Crippen molar-refractivity contribution < 1.29 is 4.74 Å². The van der Waals surface area contributed by atoms with E-state index in [1.54, 1.807) is 7.11 Å². The molecule has 0 bridgehead atoms. The van der Waals surface area contributed by atoms with E-state index in [-0.39, 0.29) is 0 Å². The molecular formula is C13H14BrNO. The zero-order valence-electron chi connectivity index (χ0n) is 9.16. The third kappa shape index (κ3) is 2.06. The fourth-order valence-electron chi connectivity index (χ4n) is 1.94. The van der Waals surface area contributed by atoms with Crippen LogP contribution in [0, 0.1) is 0 Å². The van der Waals surface area contributed by atoms with Crippen molar-refractivity contribution in [1.82, 2.24) is 0 Å². The molecule has 2 aromatic carbocycles. The molecule has 2 N–H and O–H groups in total. The van der Waals surface area contributed by atoms with Gasteiger partial charge in [0.1, 0.15) is 5.75 Å². The third-order valence-electron chi connectivity index (χ3n) is 2.66. The van der Waals surface area contributed by atoms with Gasteiger partial charge in [0.05, 0.1) is 7.11 Å². The SMILES string of the molecule is COc1ccc2cc(Br)ccc2c1CCN. The number of rotatable bonds is 3. The van der Waals surface area contributed by atoms with Gasteiger partial charge in [0.2, 0.25) is 0 Å². The van der Waals surface area contributed by atoms with Crippen molar-refractivity contribution >= 4 is 26.7 Å². The van der Waals surface area contributed by atoms with Gasteiger partial charge in [-0.1, -0.05) is 28.1 Å². The van der Waals surface area contributed by atoms with Crippen molar-refractivity contribution in [2.24, 2.45) is 5.73 Å². The van der Waals surface area contributed by atoms with E-state index in [0.717, 1.165) is 16.6 Å². The number of halogens is 1. The van der Waals surface area contributed by atoms with Crippen molar-refractivity contribution in [2.75, 3.05) is 13.7 Å². The Hall–Kier alpha value is -1.06. The zero-order chi connectivity index (χ0) is 11.5. The van der Waals surface area contributed by atoms with Crippen LogP contribution in [0.3, 0.4) is 0 Å². The molecule has 84 valence electrons. The molecule has 0 aliphatic heterocycles. The smallest absolute Gasteiger partial charge is 0.122 e. The summed E-state index contributed by atoms with van der Waals surface area (Å²) in [5.41, 5.74) is 6.83. The summed E-state index contributed by atoms with van der Waals surface area (Å²) in [6.45, 7) is 0.630. The van der Waals surface area contributed by atoms with Crippen LogP contribution in [0.2, 0.25) is 0 Å². The summed E-state index contributed by atoms with van der Waals surface area (Å²) in [6, 6.07) is 10.3. The average molecular weight is 280 g/mol. The lowest BCUT2D eigenvalue weighted by Crippen LogP contribution is -2.04. The molecule has 0 aliphatic rings. The first kappa shape index (κ1) is 11.4. The van der Waals surface area contributed by atoms with Crippen LogP contribution in [-0.2, 0) is 6.42 Å². The van der Waals surface area contributed by atoms with E-state index < -0.39 is 0 Å². The molecule has 3 heteroatoms. The fourth-order valence-corrected chi connectivity index (χ4v) is 2.32. The van der Waals surface area contributed by atoms with Crippen molar-refractivity contribution in [1.29, 1.82) is 0 Å². The minimum Gasteiger partial charge on any atom is -0.496 e. The van der Waals surface area contributed by atoms with Crippen LogP contribution in [0.1, 0.15) is 5.56 Å². The van der Waals surface area contributed by atoms with Gasteiger partial charge in [-0.2, -0.15) is 0 Å². The highest BCUT2D eigenvalue weighted by Gasteiger charge is 2.07. The van der Waals surface area contributed by atoms with Gasteiger partial charge in [-0.25, -0.2) is 0 Å². The second-order valence-electron chi connectivity index (χ2n) is 3.65. The second kappa shape index (κ2) is 4.85. The van der Waals surface area contributed by atoms with E-state index in [2.05, 4.69) is 34.1 Å². The predicted octanol–water partition coefficient (Wildman–Crippen LogP) is 3.11. The molecule has 2 aromatic rings. The maximum atomic E-state index is 5.64. The van der Waals surface area contributed by atoms with Crippen LogP contribution in [0.4, 0.5) is 0 Å². The molecule has 2 rings (SSSR count). The van der Waals surface area contributed by atoms with Crippen LogP contribution in [0.15, 0.2) is 34.8 Å². The first-order valence-corrected chi connectivity index (χ1v) is 6.00. The molecule has 0 spiro atoms. The molecule has 0 fully saturated rings. The third-order valence-corrected chi connectivity index (χ3v) is 3.16. The first-order chi connectivity index (χ1) is 7.76. The summed E-state index contributed by atoms with van der Waals surface area (Å²) in [4.78, 5) is 0. The van der Waals surface area contributed by atoms with Gasteiger partial charge in [0.15, 0.2) is 0 Å². The lowest BCUT2D eigenvalue weighted by Gasteiger charge is -2.11. The molecule has 0 radical (unpaired) electrons. The number of nitrogens with two attached hydrogens (primary N) is 1. The monoisotopic (exact) mass is 279 g/mol. The van der Waals surface area contributed by atoms with E-state index in [0.29, 0.717) is 6.54 Å². The second-order valence-corrected chi connectivity index (χ2v) is 4.57. The molecule has 0 amide bonds. The number of methoxy groups -OCH3 is 1. The van der Waals surface area contributed by atoms with Crippen LogP contribution in [-0.4, -0.2) is 13.7 Å². The Bertz CT molecular complexity index is 511. The predicted molar refractivity (Wildman–Crippen MR) is 71.0 cm³/mol. The lowest BCUT2D eigenvalue weighted by atomic mass is 10.0. The highest BCUT2D eigenvalue weighted by Crippen LogP contribution is 2.30. The largest absolute Gasteiger partial charge is 0.496 e. The summed E-state index contributed by atoms with van der Waals surface area (Å²) in [7, 11) is 1.69. The Labute approximate surface area is 104 Å². The topological polar surface area (TPSA) is 35.2 Å².